The topological polar surface area (TPSA) is 36.4 Å². The molecule has 1 aromatic carbocycles. The molecule has 22 heavy (non-hydrogen) atoms. The van der Waals surface area contributed by atoms with Crippen molar-refractivity contribution in [3.05, 3.63) is 53.9 Å². The van der Waals surface area contributed by atoms with E-state index in [1.165, 1.54) is 43.5 Å². The highest BCUT2D eigenvalue weighted by atomic mass is 16.3. The van der Waals surface area contributed by atoms with Crippen molar-refractivity contribution in [2.24, 2.45) is 0 Å². The summed E-state index contributed by atoms with van der Waals surface area (Å²) < 4.78 is 0. The molecule has 1 fully saturated rings. The zero-order valence-electron chi connectivity index (χ0n) is 13.2. The van der Waals surface area contributed by atoms with Gasteiger partial charge in [-0.25, -0.2) is 0 Å². The fourth-order valence-corrected chi connectivity index (χ4v) is 3.21. The molecule has 116 valence electrons. The van der Waals surface area contributed by atoms with Crippen LogP contribution in [0, 0.1) is 0 Å². The Balaban J connectivity index is 1.76. The maximum absolute atomic E-state index is 9.20. The van der Waals surface area contributed by atoms with Gasteiger partial charge in [0, 0.05) is 12.2 Å². The zero-order chi connectivity index (χ0) is 15.4. The quantitative estimate of drug-likeness (QED) is 0.932. The van der Waals surface area contributed by atoms with Crippen molar-refractivity contribution in [1.82, 2.24) is 9.88 Å². The number of aliphatic hydroxyl groups is 1. The SMILES string of the molecule is C[C@@H](c1ccc(-c2ccnc(CO)c2)cc1)N1CCCCC1. The van der Waals surface area contributed by atoms with E-state index in [0.29, 0.717) is 11.7 Å². The summed E-state index contributed by atoms with van der Waals surface area (Å²) in [5.41, 5.74) is 4.37. The van der Waals surface area contributed by atoms with Crippen molar-refractivity contribution >= 4 is 0 Å². The maximum Gasteiger partial charge on any atom is 0.0853 e. The molecule has 3 nitrogen and oxygen atoms in total. The molecule has 0 spiro atoms. The Morgan fingerprint density at radius 1 is 1.05 bits per heavy atom. The van der Waals surface area contributed by atoms with Crippen LogP contribution >= 0.6 is 0 Å². The molecule has 1 aliphatic heterocycles. The summed E-state index contributed by atoms with van der Waals surface area (Å²) in [6.07, 6.45) is 5.77. The van der Waals surface area contributed by atoms with E-state index in [2.05, 4.69) is 41.1 Å². The van der Waals surface area contributed by atoms with E-state index in [1.807, 2.05) is 12.1 Å². The van der Waals surface area contributed by atoms with Crippen LogP contribution in [-0.2, 0) is 6.61 Å². The van der Waals surface area contributed by atoms with Gasteiger partial charge in [-0.05, 0) is 61.7 Å². The highest BCUT2D eigenvalue weighted by Crippen LogP contribution is 2.27. The van der Waals surface area contributed by atoms with E-state index in [0.717, 1.165) is 5.56 Å². The molecule has 1 saturated heterocycles. The minimum atomic E-state index is -0.0160. The molecule has 1 aliphatic rings. The summed E-state index contributed by atoms with van der Waals surface area (Å²) >= 11 is 0. The summed E-state index contributed by atoms with van der Waals surface area (Å²) in [5.74, 6) is 0. The third kappa shape index (κ3) is 3.37. The molecule has 0 saturated carbocycles. The molecule has 3 heteroatoms. The number of aromatic nitrogens is 1. The number of rotatable bonds is 4. The van der Waals surface area contributed by atoms with Gasteiger partial charge in [-0.1, -0.05) is 30.7 Å². The predicted octanol–water partition coefficient (Wildman–Crippen LogP) is 3.79. The van der Waals surface area contributed by atoms with Crippen molar-refractivity contribution in [2.45, 2.75) is 38.8 Å². The van der Waals surface area contributed by atoms with Gasteiger partial charge in [-0.15, -0.1) is 0 Å². The molecule has 2 aromatic rings. The van der Waals surface area contributed by atoms with Gasteiger partial charge < -0.3 is 5.11 Å². The Morgan fingerprint density at radius 2 is 1.77 bits per heavy atom. The zero-order valence-corrected chi connectivity index (χ0v) is 13.2. The number of aliphatic hydroxyl groups excluding tert-OH is 1. The highest BCUT2D eigenvalue weighted by molar-refractivity contribution is 5.63. The van der Waals surface area contributed by atoms with Crippen molar-refractivity contribution in [1.29, 1.82) is 0 Å². The van der Waals surface area contributed by atoms with Crippen molar-refractivity contribution in [3.8, 4) is 11.1 Å². The normalized spacial score (nSPS) is 17.4. The molecule has 0 aliphatic carbocycles. The first kappa shape index (κ1) is 15.2. The summed E-state index contributed by atoms with van der Waals surface area (Å²) in [7, 11) is 0. The number of likely N-dealkylation sites (tertiary alicyclic amines) is 1. The first-order chi connectivity index (χ1) is 10.8. The van der Waals surface area contributed by atoms with Crippen LogP contribution in [-0.4, -0.2) is 28.1 Å². The van der Waals surface area contributed by atoms with Gasteiger partial charge in [0.1, 0.15) is 0 Å². The van der Waals surface area contributed by atoms with Gasteiger partial charge >= 0.3 is 0 Å². The van der Waals surface area contributed by atoms with Crippen LogP contribution in [0.3, 0.4) is 0 Å². The lowest BCUT2D eigenvalue weighted by molar-refractivity contribution is 0.175. The number of benzene rings is 1. The van der Waals surface area contributed by atoms with E-state index in [-0.39, 0.29) is 6.61 Å². The van der Waals surface area contributed by atoms with Crippen LogP contribution in [0.15, 0.2) is 42.6 Å². The van der Waals surface area contributed by atoms with Gasteiger partial charge in [0.2, 0.25) is 0 Å². The van der Waals surface area contributed by atoms with E-state index in [4.69, 9.17) is 0 Å². The smallest absolute Gasteiger partial charge is 0.0853 e. The molecule has 0 radical (unpaired) electrons. The van der Waals surface area contributed by atoms with Gasteiger partial charge in [-0.3, -0.25) is 9.88 Å². The van der Waals surface area contributed by atoms with Gasteiger partial charge in [-0.2, -0.15) is 0 Å². The predicted molar refractivity (Wildman–Crippen MR) is 89.4 cm³/mol. The van der Waals surface area contributed by atoms with E-state index >= 15 is 0 Å². The summed E-state index contributed by atoms with van der Waals surface area (Å²) in [4.78, 5) is 6.71. The van der Waals surface area contributed by atoms with Crippen LogP contribution in [0.2, 0.25) is 0 Å². The second-order valence-corrected chi connectivity index (χ2v) is 6.09. The monoisotopic (exact) mass is 296 g/mol. The summed E-state index contributed by atoms with van der Waals surface area (Å²) in [6.45, 7) is 4.72. The Kier molecular flexibility index (Phi) is 4.86. The Bertz CT molecular complexity index is 603. The summed E-state index contributed by atoms with van der Waals surface area (Å²) in [6, 6.07) is 13.2. The van der Waals surface area contributed by atoms with Crippen molar-refractivity contribution in [3.63, 3.8) is 0 Å². The fourth-order valence-electron chi connectivity index (χ4n) is 3.21. The molecule has 0 unspecified atom stereocenters. The third-order valence-electron chi connectivity index (χ3n) is 4.64. The number of nitrogens with zero attached hydrogens (tertiary/aromatic N) is 2. The standard InChI is InChI=1S/C19H24N2O/c1-15(21-11-3-2-4-12-21)16-5-7-17(8-6-16)18-9-10-20-19(13-18)14-22/h5-10,13,15,22H,2-4,11-12,14H2,1H3/t15-/m0/s1. The molecule has 1 aromatic heterocycles. The lowest BCUT2D eigenvalue weighted by atomic mass is 9.99. The molecule has 3 rings (SSSR count). The van der Waals surface area contributed by atoms with Crippen LogP contribution in [0.4, 0.5) is 0 Å². The second-order valence-electron chi connectivity index (χ2n) is 6.09. The lowest BCUT2D eigenvalue weighted by Gasteiger charge is -2.32. The molecule has 1 atom stereocenters. The number of pyridine rings is 1. The van der Waals surface area contributed by atoms with Crippen LogP contribution in [0.1, 0.15) is 43.5 Å². The Morgan fingerprint density at radius 3 is 2.45 bits per heavy atom. The molecule has 1 N–H and O–H groups in total. The van der Waals surface area contributed by atoms with E-state index in [1.54, 1.807) is 6.20 Å². The van der Waals surface area contributed by atoms with Crippen LogP contribution in [0.25, 0.3) is 11.1 Å². The number of hydrogen-bond donors (Lipinski definition) is 1. The first-order valence-electron chi connectivity index (χ1n) is 8.18. The number of hydrogen-bond acceptors (Lipinski definition) is 3. The summed E-state index contributed by atoms with van der Waals surface area (Å²) in [5, 5.41) is 9.20. The minimum absolute atomic E-state index is 0.0160. The molecule has 0 bridgehead atoms. The molecular formula is C19H24N2O. The third-order valence-corrected chi connectivity index (χ3v) is 4.64. The Hall–Kier alpha value is -1.71. The number of piperidine rings is 1. The first-order valence-corrected chi connectivity index (χ1v) is 8.18. The average molecular weight is 296 g/mol. The van der Waals surface area contributed by atoms with Crippen LogP contribution in [0.5, 0.6) is 0 Å². The van der Waals surface area contributed by atoms with Crippen LogP contribution < -0.4 is 0 Å². The fraction of sp³-hybridized carbons (Fsp3) is 0.421. The highest BCUT2D eigenvalue weighted by Gasteiger charge is 2.17. The second kappa shape index (κ2) is 7.03. The van der Waals surface area contributed by atoms with E-state index in [9.17, 15) is 5.11 Å². The largest absolute Gasteiger partial charge is 0.390 e. The minimum Gasteiger partial charge on any atom is -0.390 e. The van der Waals surface area contributed by atoms with Gasteiger partial charge in [0.15, 0.2) is 0 Å². The van der Waals surface area contributed by atoms with Gasteiger partial charge in [0.05, 0.1) is 12.3 Å². The van der Waals surface area contributed by atoms with Crippen molar-refractivity contribution in [2.75, 3.05) is 13.1 Å². The lowest BCUT2D eigenvalue weighted by Crippen LogP contribution is -2.32. The average Bonchev–Trinajstić information content (AvgIpc) is 2.62. The van der Waals surface area contributed by atoms with Crippen molar-refractivity contribution < 1.29 is 5.11 Å². The van der Waals surface area contributed by atoms with E-state index < -0.39 is 0 Å². The molecule has 0 amide bonds. The van der Waals surface area contributed by atoms with Gasteiger partial charge in [0.25, 0.3) is 0 Å². The maximum atomic E-state index is 9.20. The Labute approximate surface area is 132 Å². The molecule has 2 heterocycles. The molecular weight excluding hydrogens is 272 g/mol.